The first-order chi connectivity index (χ1) is 10.7. The fourth-order valence-electron chi connectivity index (χ4n) is 1.87. The van der Waals surface area contributed by atoms with Crippen molar-refractivity contribution >= 4 is 17.2 Å². The van der Waals surface area contributed by atoms with Gasteiger partial charge in [-0.2, -0.15) is 0 Å². The molecule has 5 nitrogen and oxygen atoms in total. The number of para-hydroxylation sites is 1. The quantitative estimate of drug-likeness (QED) is 0.813. The Morgan fingerprint density at radius 1 is 1.41 bits per heavy atom. The summed E-state index contributed by atoms with van der Waals surface area (Å²) in [5, 5.41) is 3.50. The predicted molar refractivity (Wildman–Crippen MR) is 79.0 cm³/mol. The zero-order valence-corrected chi connectivity index (χ0v) is 12.4. The lowest BCUT2D eigenvalue weighted by molar-refractivity contribution is -0.111. The molecule has 0 saturated heterocycles. The van der Waals surface area contributed by atoms with Gasteiger partial charge in [-0.15, -0.1) is 11.3 Å². The molecule has 0 unspecified atom stereocenters. The van der Waals surface area contributed by atoms with Gasteiger partial charge in [0.2, 0.25) is 0 Å². The largest absolute Gasteiger partial charge is 0.483 e. The van der Waals surface area contributed by atoms with Crippen LogP contribution in [0.2, 0.25) is 0 Å². The second-order valence-electron chi connectivity index (χ2n) is 4.48. The van der Waals surface area contributed by atoms with Crippen molar-refractivity contribution in [1.29, 1.82) is 0 Å². The molecule has 1 aromatic heterocycles. The number of aromatic nitrogens is 1. The summed E-state index contributed by atoms with van der Waals surface area (Å²) in [6.45, 7) is 0.885. The Hall–Kier alpha value is -2.25. The van der Waals surface area contributed by atoms with E-state index in [0.717, 1.165) is 0 Å². The Kier molecular flexibility index (Phi) is 4.45. The molecule has 22 heavy (non-hydrogen) atoms. The van der Waals surface area contributed by atoms with E-state index in [0.29, 0.717) is 23.9 Å². The minimum absolute atomic E-state index is 0.111. The van der Waals surface area contributed by atoms with E-state index >= 15 is 0 Å². The summed E-state index contributed by atoms with van der Waals surface area (Å²) in [5.74, 6) is -0.559. The van der Waals surface area contributed by atoms with Crippen LogP contribution in [0.1, 0.15) is 15.5 Å². The topological polar surface area (TPSA) is 51.7 Å². The zero-order valence-electron chi connectivity index (χ0n) is 11.6. The Bertz CT molecular complexity index is 702. The lowest BCUT2D eigenvalue weighted by atomic mass is 10.3. The van der Waals surface area contributed by atoms with Gasteiger partial charge >= 0.3 is 0 Å². The van der Waals surface area contributed by atoms with Crippen molar-refractivity contribution in [1.82, 2.24) is 10.0 Å². The highest BCUT2D eigenvalue weighted by atomic mass is 32.1. The van der Waals surface area contributed by atoms with E-state index in [1.807, 2.05) is 12.2 Å². The number of hydrogen-bond donors (Lipinski definition) is 0. The van der Waals surface area contributed by atoms with E-state index in [4.69, 9.17) is 9.57 Å². The highest BCUT2D eigenvalue weighted by Gasteiger charge is 2.20. The number of thiazole rings is 1. The maximum absolute atomic E-state index is 13.4. The number of ether oxygens (including phenoxy) is 1. The molecule has 0 spiro atoms. The summed E-state index contributed by atoms with van der Waals surface area (Å²) in [6, 6.07) is 6.15. The van der Waals surface area contributed by atoms with E-state index in [1.54, 1.807) is 23.6 Å². The van der Waals surface area contributed by atoms with Gasteiger partial charge in [-0.1, -0.05) is 24.3 Å². The molecule has 1 aromatic carbocycles. The van der Waals surface area contributed by atoms with E-state index in [1.165, 1.54) is 22.5 Å². The van der Waals surface area contributed by atoms with Crippen molar-refractivity contribution in [3.63, 3.8) is 0 Å². The van der Waals surface area contributed by atoms with E-state index in [2.05, 4.69) is 4.98 Å². The Balaban J connectivity index is 1.62. The van der Waals surface area contributed by atoms with Crippen LogP contribution < -0.4 is 4.74 Å². The maximum atomic E-state index is 13.4. The number of rotatable bonds is 4. The third-order valence-corrected chi connectivity index (χ3v) is 3.77. The van der Waals surface area contributed by atoms with Crippen LogP contribution in [-0.4, -0.2) is 29.1 Å². The average Bonchev–Trinajstić information content (AvgIpc) is 3.03. The van der Waals surface area contributed by atoms with Crippen LogP contribution in [0.25, 0.3) is 0 Å². The first-order valence-corrected chi connectivity index (χ1v) is 7.53. The molecule has 2 aromatic rings. The zero-order chi connectivity index (χ0) is 15.4. The van der Waals surface area contributed by atoms with Crippen molar-refractivity contribution in [2.24, 2.45) is 0 Å². The Labute approximate surface area is 130 Å². The Morgan fingerprint density at radius 3 is 3.05 bits per heavy atom. The minimum atomic E-state index is -0.427. The summed E-state index contributed by atoms with van der Waals surface area (Å²) in [7, 11) is 0. The van der Waals surface area contributed by atoms with Crippen molar-refractivity contribution < 1.29 is 18.8 Å². The van der Waals surface area contributed by atoms with Crippen LogP contribution in [0.3, 0.4) is 0 Å². The van der Waals surface area contributed by atoms with Crippen molar-refractivity contribution in [2.75, 3.05) is 13.2 Å². The number of hydroxylamine groups is 2. The van der Waals surface area contributed by atoms with Crippen molar-refractivity contribution in [3.05, 3.63) is 58.3 Å². The summed E-state index contributed by atoms with van der Waals surface area (Å²) in [4.78, 5) is 21.6. The van der Waals surface area contributed by atoms with Gasteiger partial charge < -0.3 is 4.74 Å². The van der Waals surface area contributed by atoms with Crippen molar-refractivity contribution in [3.8, 4) is 5.75 Å². The first kappa shape index (κ1) is 14.7. The lowest BCUT2D eigenvalue weighted by Crippen LogP contribution is -2.33. The SMILES string of the molecule is O=C(c1csc(COc2ccccc2F)n1)N1CC=CCO1. The predicted octanol–water partition coefficient (Wildman–Crippen LogP) is 2.80. The number of benzene rings is 1. The molecular weight excluding hydrogens is 307 g/mol. The van der Waals surface area contributed by atoms with Gasteiger partial charge in [-0.3, -0.25) is 9.63 Å². The fraction of sp³-hybridized carbons (Fsp3) is 0.200. The number of carbonyl (C=O) groups is 1. The van der Waals surface area contributed by atoms with Crippen LogP contribution in [0.5, 0.6) is 5.75 Å². The molecule has 0 radical (unpaired) electrons. The van der Waals surface area contributed by atoms with Crippen LogP contribution in [0.4, 0.5) is 4.39 Å². The molecule has 114 valence electrons. The van der Waals surface area contributed by atoms with Crippen LogP contribution in [-0.2, 0) is 11.4 Å². The van der Waals surface area contributed by atoms with Gasteiger partial charge in [-0.05, 0) is 12.1 Å². The molecule has 2 heterocycles. The molecular formula is C15H13FN2O3S. The Morgan fingerprint density at radius 2 is 2.27 bits per heavy atom. The fourth-order valence-corrected chi connectivity index (χ4v) is 2.55. The third kappa shape index (κ3) is 3.32. The third-order valence-electron chi connectivity index (χ3n) is 2.95. The average molecular weight is 320 g/mol. The molecule has 7 heteroatoms. The minimum Gasteiger partial charge on any atom is -0.483 e. The number of carbonyl (C=O) groups excluding carboxylic acids is 1. The van der Waals surface area contributed by atoms with Gasteiger partial charge in [0, 0.05) is 5.38 Å². The van der Waals surface area contributed by atoms with Gasteiger partial charge in [0.15, 0.2) is 11.6 Å². The van der Waals surface area contributed by atoms with Crippen LogP contribution in [0.15, 0.2) is 41.8 Å². The van der Waals surface area contributed by atoms with E-state index < -0.39 is 5.82 Å². The molecule has 3 rings (SSSR count). The summed E-state index contributed by atoms with van der Waals surface area (Å²) in [6.07, 6.45) is 3.70. The summed E-state index contributed by atoms with van der Waals surface area (Å²) in [5.41, 5.74) is 0.299. The monoisotopic (exact) mass is 320 g/mol. The van der Waals surface area contributed by atoms with Crippen molar-refractivity contribution in [2.45, 2.75) is 6.61 Å². The number of halogens is 1. The number of hydrogen-bond acceptors (Lipinski definition) is 5. The highest BCUT2D eigenvalue weighted by Crippen LogP contribution is 2.19. The van der Waals surface area contributed by atoms with Gasteiger partial charge in [0.1, 0.15) is 17.3 Å². The smallest absolute Gasteiger partial charge is 0.297 e. The van der Waals surface area contributed by atoms with Gasteiger partial charge in [0.25, 0.3) is 5.91 Å². The number of nitrogens with zero attached hydrogens (tertiary/aromatic N) is 2. The first-order valence-electron chi connectivity index (χ1n) is 6.65. The number of amides is 1. The molecule has 1 aliphatic heterocycles. The second-order valence-corrected chi connectivity index (χ2v) is 5.42. The molecule has 0 aliphatic carbocycles. The van der Waals surface area contributed by atoms with Gasteiger partial charge in [0.05, 0.1) is 13.2 Å². The summed E-state index contributed by atoms with van der Waals surface area (Å²) >= 11 is 1.29. The second kappa shape index (κ2) is 6.67. The highest BCUT2D eigenvalue weighted by molar-refractivity contribution is 7.09. The molecule has 0 N–H and O–H groups in total. The standard InChI is InChI=1S/C15H13FN2O3S/c16-11-5-1-2-6-13(11)20-9-14-17-12(10-22-14)15(19)18-7-3-4-8-21-18/h1-6,10H,7-9H2. The molecule has 1 amide bonds. The molecule has 0 atom stereocenters. The van der Waals surface area contributed by atoms with Crippen LogP contribution >= 0.6 is 11.3 Å². The molecule has 0 bridgehead atoms. The normalized spacial score (nSPS) is 14.1. The van der Waals surface area contributed by atoms with E-state index in [-0.39, 0.29) is 18.3 Å². The molecule has 1 aliphatic rings. The summed E-state index contributed by atoms with van der Waals surface area (Å²) < 4.78 is 18.8. The van der Waals surface area contributed by atoms with E-state index in [9.17, 15) is 9.18 Å². The lowest BCUT2D eigenvalue weighted by Gasteiger charge is -2.21. The van der Waals surface area contributed by atoms with Crippen LogP contribution in [0, 0.1) is 5.82 Å². The van der Waals surface area contributed by atoms with Gasteiger partial charge in [-0.25, -0.2) is 14.4 Å². The maximum Gasteiger partial charge on any atom is 0.297 e. The molecule has 0 saturated carbocycles. The molecule has 0 fully saturated rings.